The third kappa shape index (κ3) is 8.56. The van der Waals surface area contributed by atoms with Crippen molar-refractivity contribution in [1.82, 2.24) is 24.8 Å². The normalized spacial score (nSPS) is 32.6. The molecule has 3 aliphatic rings. The highest BCUT2D eigenvalue weighted by molar-refractivity contribution is 5.97. The molecule has 3 fully saturated rings. The van der Waals surface area contributed by atoms with Crippen LogP contribution in [0.15, 0.2) is 54.0 Å². The lowest BCUT2D eigenvalue weighted by Gasteiger charge is -2.42. The van der Waals surface area contributed by atoms with Gasteiger partial charge in [-0.15, -0.1) is 0 Å². The number of ether oxygens (including phenoxy) is 8. The minimum atomic E-state index is -1.52. The van der Waals surface area contributed by atoms with Gasteiger partial charge in [0.1, 0.15) is 55.3 Å². The maximum atomic E-state index is 13.3. The highest BCUT2D eigenvalue weighted by atomic mass is 16.7. The smallest absolute Gasteiger partial charge is 0.269 e. The largest absolute Gasteiger partial charge is 0.495 e. The number of hydrogen-bond donors (Lipinski definition) is 6. The van der Waals surface area contributed by atoms with E-state index in [-0.39, 0.29) is 23.9 Å². The molecule has 1 aromatic carbocycles. The number of nitrogens with zero attached hydrogens (tertiary/aromatic N) is 5. The molecule has 6 N–H and O–H groups in total. The Labute approximate surface area is 328 Å². The Balaban J connectivity index is 1.06. The molecule has 3 aliphatic heterocycles. The molecule has 312 valence electrons. The molecule has 2 aromatic heterocycles. The van der Waals surface area contributed by atoms with Gasteiger partial charge in [-0.3, -0.25) is 9.36 Å². The van der Waals surface area contributed by atoms with Crippen LogP contribution >= 0.6 is 0 Å². The van der Waals surface area contributed by atoms with Crippen molar-refractivity contribution in [2.75, 3.05) is 53.5 Å². The van der Waals surface area contributed by atoms with Gasteiger partial charge < -0.3 is 73.6 Å². The summed E-state index contributed by atoms with van der Waals surface area (Å²) in [6.07, 6.45) is -7.09. The van der Waals surface area contributed by atoms with Crippen molar-refractivity contribution in [3.63, 3.8) is 0 Å². The number of aromatic nitrogens is 4. The Kier molecular flexibility index (Phi) is 13.3. The zero-order valence-electron chi connectivity index (χ0n) is 32.5. The maximum absolute atomic E-state index is 13.3. The second kappa shape index (κ2) is 18.0. The Morgan fingerprint density at radius 3 is 2.33 bits per heavy atom. The number of imidazole rings is 1. The monoisotopic (exact) mass is 802 g/mol. The van der Waals surface area contributed by atoms with Crippen LogP contribution in [-0.2, 0) is 38.0 Å². The Morgan fingerprint density at radius 2 is 1.68 bits per heavy atom. The molecule has 20 nitrogen and oxygen atoms in total. The zero-order chi connectivity index (χ0) is 41.1. The molecule has 3 aromatic rings. The van der Waals surface area contributed by atoms with Crippen LogP contribution in [0, 0.1) is 0 Å². The summed E-state index contributed by atoms with van der Waals surface area (Å²) in [5, 5.41) is 56.5. The number of aliphatic hydroxyl groups excluding tert-OH is 5. The van der Waals surface area contributed by atoms with Crippen molar-refractivity contribution in [2.24, 2.45) is 0 Å². The molecule has 0 radical (unpaired) electrons. The van der Waals surface area contributed by atoms with Gasteiger partial charge in [0.05, 0.1) is 32.2 Å². The van der Waals surface area contributed by atoms with E-state index in [1.165, 1.54) is 34.0 Å². The summed E-state index contributed by atoms with van der Waals surface area (Å²) in [6.45, 7) is 2.60. The number of aliphatic hydroxyl groups is 5. The number of hydrogen-bond acceptors (Lipinski definition) is 18. The first-order valence-electron chi connectivity index (χ1n) is 18.2. The molecule has 6 rings (SSSR count). The van der Waals surface area contributed by atoms with E-state index in [1.807, 2.05) is 14.1 Å². The number of carbonyl (C=O) groups is 1. The van der Waals surface area contributed by atoms with Crippen molar-refractivity contribution in [1.29, 1.82) is 0 Å². The molecule has 20 heteroatoms. The lowest BCUT2D eigenvalue weighted by molar-refractivity contribution is -0.299. The summed E-state index contributed by atoms with van der Waals surface area (Å²) in [5.41, 5.74) is 1.84. The fraction of sp³-hybridized carbons (Fsp3) is 0.568. The van der Waals surface area contributed by atoms with Crippen LogP contribution in [0.25, 0.3) is 17.2 Å². The second-order valence-electron chi connectivity index (χ2n) is 14.0. The molecular formula is C37H50N6O14. The molecule has 0 bridgehead atoms. The lowest BCUT2D eigenvalue weighted by atomic mass is 9.99. The molecule has 0 unspecified atom stereocenters. The maximum Gasteiger partial charge on any atom is 0.269 e. The number of fused-ring (bicyclic) bond motifs is 1. The average molecular weight is 803 g/mol. The van der Waals surface area contributed by atoms with Gasteiger partial charge in [-0.25, -0.2) is 15.0 Å². The fourth-order valence-electron chi connectivity index (χ4n) is 7.02. The first-order chi connectivity index (χ1) is 27.3. The molecule has 0 spiro atoms. The molecule has 57 heavy (non-hydrogen) atoms. The van der Waals surface area contributed by atoms with Crippen LogP contribution < -0.4 is 15.0 Å². The van der Waals surface area contributed by atoms with Gasteiger partial charge in [-0.05, 0) is 37.6 Å². The predicted octanol–water partition coefficient (Wildman–Crippen LogP) is -0.802. The summed E-state index contributed by atoms with van der Waals surface area (Å²) < 4.78 is 46.9. The van der Waals surface area contributed by atoms with E-state index < -0.39 is 86.2 Å². The first-order valence-corrected chi connectivity index (χ1v) is 18.2. The SMILES string of the molecule is CO/C(CO[C@H]1O[C@H](C)[C@@H](OC)[C@H](OC)[C@@H]1O)=C1\O[C@H](Oc2ccc(/C=C(\C)C(=O)N[C@H]3[C@@H](O)[C@H](n4cnc5c(N(C)C)ncnc54)O[C@@H]3CO)cc2)[C@@H](O)[C@@H]1O. The molecule has 0 saturated carbocycles. The molecule has 0 aliphatic carbocycles. The summed E-state index contributed by atoms with van der Waals surface area (Å²) in [5.74, 6) is 0.278. The van der Waals surface area contributed by atoms with Gasteiger partial charge in [-0.2, -0.15) is 0 Å². The zero-order valence-corrected chi connectivity index (χ0v) is 32.5. The van der Waals surface area contributed by atoms with Crippen LogP contribution in [0.2, 0.25) is 0 Å². The van der Waals surface area contributed by atoms with Crippen molar-refractivity contribution in [3.05, 3.63) is 59.6 Å². The highest BCUT2D eigenvalue weighted by Gasteiger charge is 2.48. The van der Waals surface area contributed by atoms with Crippen LogP contribution in [0.4, 0.5) is 5.82 Å². The quantitative estimate of drug-likeness (QED) is 0.0862. The minimum absolute atomic E-state index is 0.0362. The van der Waals surface area contributed by atoms with E-state index in [1.54, 1.807) is 53.7 Å². The van der Waals surface area contributed by atoms with E-state index in [9.17, 15) is 30.3 Å². The topological polar surface area (TPSA) is 251 Å². The molecule has 5 heterocycles. The standard InChI is InChI=1S/C37H50N6O14/c1-17(34(49)41-23-21(13-44)56-35(25(23)45)43-16-40-24-32(42(3)4)38-15-39-33(24)43)12-19-8-10-20(11-9-19)55-37-27(47)26(46)30(57-37)22(50-5)14-53-36-28(48)31(52-7)29(51-6)18(2)54-36/h8-12,15-16,18,21,23,25-29,31,35-37,44-48H,13-14H2,1-7H3,(H,41,49)/b17-12+,30-22-/t18-,21-,23-,25-,26+,27+,28+,29-,31-,35-,36+,37+/m1/s1. The van der Waals surface area contributed by atoms with Crippen molar-refractivity contribution in [2.45, 2.75) is 87.5 Å². The molecular weight excluding hydrogens is 752 g/mol. The molecule has 12 atom stereocenters. The summed E-state index contributed by atoms with van der Waals surface area (Å²) in [4.78, 5) is 28.1. The van der Waals surface area contributed by atoms with Gasteiger partial charge in [-0.1, -0.05) is 12.1 Å². The number of carbonyl (C=O) groups excluding carboxylic acids is 1. The number of methoxy groups -OCH3 is 3. The number of rotatable bonds is 14. The average Bonchev–Trinajstić information content (AvgIpc) is 3.85. The van der Waals surface area contributed by atoms with E-state index in [2.05, 4.69) is 20.3 Å². The van der Waals surface area contributed by atoms with Crippen molar-refractivity contribution >= 4 is 29.0 Å². The van der Waals surface area contributed by atoms with Crippen molar-refractivity contribution in [3.8, 4) is 5.75 Å². The third-order valence-corrected chi connectivity index (χ3v) is 10.1. The van der Waals surface area contributed by atoms with Crippen LogP contribution in [-0.4, -0.2) is 167 Å². The van der Waals surface area contributed by atoms with Crippen LogP contribution in [0.1, 0.15) is 25.6 Å². The van der Waals surface area contributed by atoms with Gasteiger partial charge in [0.15, 0.2) is 47.1 Å². The molecule has 1 amide bonds. The Morgan fingerprint density at radius 1 is 0.965 bits per heavy atom. The first kappa shape index (κ1) is 42.1. The van der Waals surface area contributed by atoms with Gasteiger partial charge in [0.25, 0.3) is 6.29 Å². The van der Waals surface area contributed by atoms with Gasteiger partial charge in [0, 0.05) is 33.9 Å². The summed E-state index contributed by atoms with van der Waals surface area (Å²) in [6, 6.07) is 5.55. The number of nitrogens with one attached hydrogen (secondary N) is 1. The number of anilines is 1. The lowest BCUT2D eigenvalue weighted by Crippen LogP contribution is -2.58. The minimum Gasteiger partial charge on any atom is -0.495 e. The number of benzene rings is 1. The van der Waals surface area contributed by atoms with Gasteiger partial charge in [0.2, 0.25) is 5.91 Å². The Bertz CT molecular complexity index is 1910. The fourth-order valence-corrected chi connectivity index (χ4v) is 7.02. The van der Waals surface area contributed by atoms with Crippen LogP contribution in [0.5, 0.6) is 5.75 Å². The van der Waals surface area contributed by atoms with E-state index in [4.69, 9.17) is 37.9 Å². The number of amides is 1. The predicted molar refractivity (Wildman–Crippen MR) is 198 cm³/mol. The van der Waals surface area contributed by atoms with E-state index in [0.717, 1.165) is 0 Å². The molecule has 3 saturated heterocycles. The Hall–Kier alpha value is -4.48. The summed E-state index contributed by atoms with van der Waals surface area (Å²) in [7, 11) is 7.90. The van der Waals surface area contributed by atoms with Crippen LogP contribution in [0.3, 0.4) is 0 Å². The second-order valence-corrected chi connectivity index (χ2v) is 14.0. The third-order valence-electron chi connectivity index (χ3n) is 10.1. The van der Waals surface area contributed by atoms with Gasteiger partial charge >= 0.3 is 0 Å². The van der Waals surface area contributed by atoms with E-state index in [0.29, 0.717) is 28.1 Å². The highest BCUT2D eigenvalue weighted by Crippen LogP contribution is 2.34. The van der Waals surface area contributed by atoms with Crippen molar-refractivity contribution < 1.29 is 68.2 Å². The van der Waals surface area contributed by atoms with E-state index >= 15 is 0 Å². The summed E-state index contributed by atoms with van der Waals surface area (Å²) >= 11 is 0.